The molecule has 2 rings (SSSR count). The number of aromatic nitrogens is 1. The molecule has 2 heterocycles. The van der Waals surface area contributed by atoms with Crippen LogP contribution in [0.3, 0.4) is 0 Å². The van der Waals surface area contributed by atoms with E-state index in [9.17, 15) is 14.9 Å². The lowest BCUT2D eigenvalue weighted by Crippen LogP contribution is -2.35. The van der Waals surface area contributed by atoms with Crippen molar-refractivity contribution in [2.24, 2.45) is 0 Å². The molecule has 1 aliphatic rings. The van der Waals surface area contributed by atoms with E-state index < -0.39 is 4.92 Å². The third kappa shape index (κ3) is 3.16. The molecule has 7 nitrogen and oxygen atoms in total. The molecule has 0 spiro atoms. The van der Waals surface area contributed by atoms with Crippen LogP contribution >= 0.6 is 0 Å². The van der Waals surface area contributed by atoms with Crippen molar-refractivity contribution < 1.29 is 9.72 Å². The fourth-order valence-corrected chi connectivity index (χ4v) is 2.41. The maximum Gasteiger partial charge on any atom is 0.287 e. The Labute approximate surface area is 117 Å². The van der Waals surface area contributed by atoms with Crippen molar-refractivity contribution >= 4 is 11.6 Å². The topological polar surface area (TPSA) is 80.4 Å². The van der Waals surface area contributed by atoms with Crippen LogP contribution in [0.2, 0.25) is 0 Å². The minimum atomic E-state index is -0.451. The Hall–Kier alpha value is -1.89. The van der Waals surface area contributed by atoms with E-state index in [1.54, 1.807) is 9.47 Å². The van der Waals surface area contributed by atoms with E-state index in [1.807, 2.05) is 6.92 Å². The molecule has 1 aliphatic heterocycles. The molecule has 7 heteroatoms. The Morgan fingerprint density at radius 2 is 2.25 bits per heavy atom. The minimum Gasteiger partial charge on any atom is -0.337 e. The lowest BCUT2D eigenvalue weighted by Gasteiger charge is -2.20. The molecule has 0 saturated carbocycles. The maximum absolute atomic E-state index is 12.5. The molecule has 1 fully saturated rings. The van der Waals surface area contributed by atoms with Gasteiger partial charge in [0, 0.05) is 32.2 Å². The molecule has 0 aliphatic carbocycles. The Bertz CT molecular complexity index is 490. The van der Waals surface area contributed by atoms with Gasteiger partial charge in [0.05, 0.1) is 11.1 Å². The molecule has 0 aromatic carbocycles. The summed E-state index contributed by atoms with van der Waals surface area (Å²) in [7, 11) is 0. The second-order valence-corrected chi connectivity index (χ2v) is 4.93. The normalized spacial score (nSPS) is 15.9. The number of carbonyl (C=O) groups is 1. The van der Waals surface area contributed by atoms with Gasteiger partial charge in [-0.05, 0) is 19.4 Å². The van der Waals surface area contributed by atoms with Crippen LogP contribution in [0.4, 0.5) is 5.69 Å². The second-order valence-electron chi connectivity index (χ2n) is 4.93. The van der Waals surface area contributed by atoms with Crippen LogP contribution in [0.15, 0.2) is 12.3 Å². The highest BCUT2D eigenvalue weighted by Gasteiger charge is 2.23. The molecule has 1 amide bonds. The van der Waals surface area contributed by atoms with Gasteiger partial charge in [-0.2, -0.15) is 0 Å². The zero-order chi connectivity index (χ0) is 14.5. The van der Waals surface area contributed by atoms with Crippen LogP contribution < -0.4 is 5.32 Å². The molecular formula is C13H20N4O3. The summed E-state index contributed by atoms with van der Waals surface area (Å²) in [5.74, 6) is -0.116. The van der Waals surface area contributed by atoms with Crippen LogP contribution in [0, 0.1) is 10.1 Å². The molecule has 0 unspecified atom stereocenters. The Morgan fingerprint density at radius 1 is 1.45 bits per heavy atom. The fraction of sp³-hybridized carbons (Fsp3) is 0.615. The summed E-state index contributed by atoms with van der Waals surface area (Å²) in [5.41, 5.74) is 0.398. The first kappa shape index (κ1) is 14.5. The number of carbonyl (C=O) groups excluding carboxylic acids is 1. The van der Waals surface area contributed by atoms with Gasteiger partial charge in [0.1, 0.15) is 5.69 Å². The highest BCUT2D eigenvalue weighted by molar-refractivity contribution is 5.93. The van der Waals surface area contributed by atoms with Gasteiger partial charge in [-0.1, -0.05) is 6.92 Å². The van der Waals surface area contributed by atoms with Gasteiger partial charge in [0.2, 0.25) is 0 Å². The van der Waals surface area contributed by atoms with Gasteiger partial charge in [-0.25, -0.2) is 0 Å². The Morgan fingerprint density at radius 3 is 2.95 bits per heavy atom. The lowest BCUT2D eigenvalue weighted by molar-refractivity contribution is -0.384. The first-order valence-corrected chi connectivity index (χ1v) is 6.98. The quantitative estimate of drug-likeness (QED) is 0.664. The number of nitro groups is 1. The van der Waals surface area contributed by atoms with E-state index in [-0.39, 0.29) is 11.6 Å². The number of hydrogen-bond acceptors (Lipinski definition) is 4. The van der Waals surface area contributed by atoms with Gasteiger partial charge in [0.25, 0.3) is 11.6 Å². The van der Waals surface area contributed by atoms with Crippen molar-refractivity contribution in [1.82, 2.24) is 14.8 Å². The van der Waals surface area contributed by atoms with Crippen LogP contribution in [-0.2, 0) is 6.54 Å². The Kier molecular flexibility index (Phi) is 4.73. The van der Waals surface area contributed by atoms with Crippen molar-refractivity contribution in [3.63, 3.8) is 0 Å². The number of nitrogens with one attached hydrogen (secondary N) is 1. The smallest absolute Gasteiger partial charge is 0.287 e. The highest BCUT2D eigenvalue weighted by Crippen LogP contribution is 2.19. The number of hydrogen-bond donors (Lipinski definition) is 1. The van der Waals surface area contributed by atoms with Gasteiger partial charge in [-0.15, -0.1) is 0 Å². The van der Waals surface area contributed by atoms with Crippen LogP contribution in [0.1, 0.15) is 30.3 Å². The van der Waals surface area contributed by atoms with E-state index >= 15 is 0 Å². The molecular weight excluding hydrogens is 260 g/mol. The summed E-state index contributed by atoms with van der Waals surface area (Å²) < 4.78 is 1.69. The molecule has 0 bridgehead atoms. The molecule has 1 aromatic heterocycles. The molecule has 1 saturated heterocycles. The Balaban J connectivity index is 2.24. The van der Waals surface area contributed by atoms with Crippen molar-refractivity contribution in [3.8, 4) is 0 Å². The third-order valence-electron chi connectivity index (χ3n) is 3.40. The van der Waals surface area contributed by atoms with Gasteiger partial charge in [-0.3, -0.25) is 14.9 Å². The second kappa shape index (κ2) is 6.51. The standard InChI is InChI=1S/C13H20N4O3/c1-2-6-16-10-11(17(19)20)9-12(16)13(18)15-7-3-4-14-5-8-15/h9-10,14H,2-8H2,1H3. The average Bonchev–Trinajstić information content (AvgIpc) is 2.67. The van der Waals surface area contributed by atoms with Crippen LogP contribution in [0.5, 0.6) is 0 Å². The largest absolute Gasteiger partial charge is 0.337 e. The summed E-state index contributed by atoms with van der Waals surface area (Å²) >= 11 is 0. The van der Waals surface area contributed by atoms with Crippen LogP contribution in [-0.4, -0.2) is 46.5 Å². The number of aryl methyl sites for hydroxylation is 1. The molecule has 0 atom stereocenters. The summed E-state index contributed by atoms with van der Waals surface area (Å²) in [6, 6.07) is 1.39. The first-order valence-electron chi connectivity index (χ1n) is 6.98. The zero-order valence-corrected chi connectivity index (χ0v) is 11.7. The average molecular weight is 280 g/mol. The monoisotopic (exact) mass is 280 g/mol. The molecule has 1 N–H and O–H groups in total. The lowest BCUT2D eigenvalue weighted by atomic mass is 10.3. The van der Waals surface area contributed by atoms with Gasteiger partial charge < -0.3 is 14.8 Å². The van der Waals surface area contributed by atoms with Gasteiger partial charge in [0.15, 0.2) is 0 Å². The van der Waals surface area contributed by atoms with E-state index in [2.05, 4.69) is 5.32 Å². The minimum absolute atomic E-state index is 0.0188. The predicted molar refractivity (Wildman–Crippen MR) is 74.8 cm³/mol. The fourth-order valence-electron chi connectivity index (χ4n) is 2.41. The van der Waals surface area contributed by atoms with Gasteiger partial charge >= 0.3 is 0 Å². The number of nitrogens with zero attached hydrogens (tertiary/aromatic N) is 3. The van der Waals surface area contributed by atoms with Crippen molar-refractivity contribution in [3.05, 3.63) is 28.1 Å². The summed E-state index contributed by atoms with van der Waals surface area (Å²) in [6.45, 7) is 5.60. The van der Waals surface area contributed by atoms with E-state index in [1.165, 1.54) is 12.3 Å². The van der Waals surface area contributed by atoms with Crippen LogP contribution in [0.25, 0.3) is 0 Å². The molecule has 1 aromatic rings. The molecule has 110 valence electrons. The number of rotatable bonds is 4. The SMILES string of the molecule is CCCn1cc([N+](=O)[O-])cc1C(=O)N1CCCNCC1. The van der Waals surface area contributed by atoms with Crippen molar-refractivity contribution in [2.75, 3.05) is 26.2 Å². The predicted octanol–water partition coefficient (Wildman–Crippen LogP) is 1.24. The summed E-state index contributed by atoms with van der Waals surface area (Å²) in [6.07, 6.45) is 3.18. The van der Waals surface area contributed by atoms with E-state index in [0.29, 0.717) is 25.3 Å². The number of amides is 1. The van der Waals surface area contributed by atoms with E-state index in [0.717, 1.165) is 25.9 Å². The zero-order valence-electron chi connectivity index (χ0n) is 11.7. The van der Waals surface area contributed by atoms with Crippen molar-refractivity contribution in [2.45, 2.75) is 26.3 Å². The van der Waals surface area contributed by atoms with Crippen molar-refractivity contribution in [1.29, 1.82) is 0 Å². The highest BCUT2D eigenvalue weighted by atomic mass is 16.6. The molecule has 0 radical (unpaired) electrons. The third-order valence-corrected chi connectivity index (χ3v) is 3.40. The first-order chi connectivity index (χ1) is 9.63. The summed E-state index contributed by atoms with van der Waals surface area (Å²) in [5, 5.41) is 14.1. The summed E-state index contributed by atoms with van der Waals surface area (Å²) in [4.78, 5) is 24.7. The molecule has 20 heavy (non-hydrogen) atoms. The maximum atomic E-state index is 12.5. The van der Waals surface area contributed by atoms with E-state index in [4.69, 9.17) is 0 Å².